The van der Waals surface area contributed by atoms with E-state index < -0.39 is 29.3 Å². The molecule has 4 aromatic heterocycles. The van der Waals surface area contributed by atoms with Crippen molar-refractivity contribution in [2.24, 2.45) is 0 Å². The van der Waals surface area contributed by atoms with Gasteiger partial charge in [-0.25, -0.2) is 15.8 Å². The van der Waals surface area contributed by atoms with Crippen molar-refractivity contribution < 1.29 is 23.7 Å². The Hall–Kier alpha value is -5.21. The van der Waals surface area contributed by atoms with Crippen LogP contribution in [-0.4, -0.2) is 59.1 Å². The molecular weight excluding hydrogens is 424 g/mol. The number of H-pyrrole nitrogens is 3. The first-order valence-corrected chi connectivity index (χ1v) is 8.87. The van der Waals surface area contributed by atoms with Gasteiger partial charge in [0.15, 0.2) is 11.5 Å². The number of aromatic nitrogens is 6. The molecule has 15 nitrogen and oxygen atoms in total. The highest BCUT2D eigenvalue weighted by atomic mass is 16.5. The number of hydrogen-bond acceptors (Lipinski definition) is 8. The number of imidazole rings is 1. The Balaban J connectivity index is 1.57. The van der Waals surface area contributed by atoms with E-state index in [-0.39, 0.29) is 22.9 Å². The molecule has 0 aliphatic carbocycles. The van der Waals surface area contributed by atoms with Crippen LogP contribution >= 0.6 is 0 Å². The van der Waals surface area contributed by atoms with Crippen LogP contribution in [-0.2, 0) is 0 Å². The van der Waals surface area contributed by atoms with Gasteiger partial charge < -0.3 is 19.8 Å². The monoisotopic (exact) mass is 438 g/mol. The summed E-state index contributed by atoms with van der Waals surface area (Å²) in [6.07, 6.45) is 6.66. The van der Waals surface area contributed by atoms with Gasteiger partial charge in [0.25, 0.3) is 17.7 Å². The zero-order valence-electron chi connectivity index (χ0n) is 15.9. The SMILES string of the molecule is O=C(NN(NC(=O)c1ccn[nH]1)C(=O)c1nocc1NC(=O)c1ncc[nH]1)c1ccc[nH]1. The predicted octanol–water partition coefficient (Wildman–Crippen LogP) is -0.167. The number of nitrogens with one attached hydrogen (secondary N) is 6. The van der Waals surface area contributed by atoms with Crippen molar-refractivity contribution in [2.45, 2.75) is 0 Å². The van der Waals surface area contributed by atoms with Crippen LogP contribution in [0.2, 0.25) is 0 Å². The summed E-state index contributed by atoms with van der Waals surface area (Å²) in [4.78, 5) is 59.2. The third-order valence-electron chi connectivity index (χ3n) is 3.95. The zero-order chi connectivity index (χ0) is 22.5. The van der Waals surface area contributed by atoms with E-state index >= 15 is 0 Å². The van der Waals surface area contributed by atoms with E-state index in [1.54, 1.807) is 6.07 Å². The smallest absolute Gasteiger partial charge is 0.316 e. The Kier molecular flexibility index (Phi) is 5.43. The fourth-order valence-corrected chi connectivity index (χ4v) is 2.46. The molecule has 6 N–H and O–H groups in total. The lowest BCUT2D eigenvalue weighted by Gasteiger charge is -2.22. The number of aromatic amines is 3. The van der Waals surface area contributed by atoms with E-state index in [0.29, 0.717) is 5.12 Å². The van der Waals surface area contributed by atoms with Crippen molar-refractivity contribution in [3.8, 4) is 0 Å². The molecule has 0 aliphatic rings. The first-order chi connectivity index (χ1) is 15.5. The van der Waals surface area contributed by atoms with Crippen molar-refractivity contribution in [2.75, 3.05) is 5.32 Å². The lowest BCUT2D eigenvalue weighted by Crippen LogP contribution is -2.56. The molecule has 0 atom stereocenters. The van der Waals surface area contributed by atoms with Gasteiger partial charge in [-0.3, -0.25) is 24.3 Å². The van der Waals surface area contributed by atoms with Gasteiger partial charge in [-0.1, -0.05) is 5.16 Å². The number of amides is 4. The van der Waals surface area contributed by atoms with Crippen LogP contribution in [0.1, 0.15) is 42.1 Å². The Morgan fingerprint density at radius 3 is 2.41 bits per heavy atom. The summed E-state index contributed by atoms with van der Waals surface area (Å²) in [7, 11) is 0. The molecule has 15 heteroatoms. The molecule has 32 heavy (non-hydrogen) atoms. The average molecular weight is 438 g/mol. The number of nitrogens with zero attached hydrogens (tertiary/aromatic N) is 4. The maximum Gasteiger partial charge on any atom is 0.316 e. The highest BCUT2D eigenvalue weighted by Crippen LogP contribution is 2.16. The minimum absolute atomic E-state index is 0.0171. The topological polar surface area (TPSA) is 207 Å². The highest BCUT2D eigenvalue weighted by Gasteiger charge is 2.28. The van der Waals surface area contributed by atoms with Gasteiger partial charge in [-0.05, 0) is 18.2 Å². The summed E-state index contributed by atoms with van der Waals surface area (Å²) >= 11 is 0. The normalized spacial score (nSPS) is 10.4. The van der Waals surface area contributed by atoms with Crippen molar-refractivity contribution in [3.63, 3.8) is 0 Å². The van der Waals surface area contributed by atoms with E-state index in [1.165, 1.54) is 36.9 Å². The minimum Gasteiger partial charge on any atom is -0.362 e. The number of anilines is 1. The number of hydrazine groups is 2. The third kappa shape index (κ3) is 4.20. The van der Waals surface area contributed by atoms with Gasteiger partial charge in [0.2, 0.25) is 0 Å². The fourth-order valence-electron chi connectivity index (χ4n) is 2.46. The molecule has 0 spiro atoms. The quantitative estimate of drug-likeness (QED) is 0.230. The Labute approximate surface area is 177 Å². The van der Waals surface area contributed by atoms with E-state index in [4.69, 9.17) is 4.52 Å². The molecule has 0 bridgehead atoms. The predicted molar refractivity (Wildman–Crippen MR) is 104 cm³/mol. The first-order valence-electron chi connectivity index (χ1n) is 8.87. The van der Waals surface area contributed by atoms with Gasteiger partial charge in [0.05, 0.1) is 0 Å². The molecule has 4 rings (SSSR count). The van der Waals surface area contributed by atoms with E-state index in [2.05, 4.69) is 46.5 Å². The van der Waals surface area contributed by atoms with Crippen LogP contribution in [0.5, 0.6) is 0 Å². The maximum atomic E-state index is 13.1. The molecule has 0 saturated heterocycles. The van der Waals surface area contributed by atoms with Crippen molar-refractivity contribution in [3.05, 3.63) is 72.2 Å². The zero-order valence-corrected chi connectivity index (χ0v) is 15.9. The van der Waals surface area contributed by atoms with Crippen LogP contribution in [0.15, 0.2) is 53.8 Å². The Morgan fingerprint density at radius 2 is 1.75 bits per heavy atom. The van der Waals surface area contributed by atoms with Crippen LogP contribution in [0.4, 0.5) is 5.69 Å². The average Bonchev–Trinajstić information content (AvgIpc) is 3.59. The molecule has 4 heterocycles. The highest BCUT2D eigenvalue weighted by molar-refractivity contribution is 6.07. The van der Waals surface area contributed by atoms with Crippen LogP contribution in [0.3, 0.4) is 0 Å². The van der Waals surface area contributed by atoms with Gasteiger partial charge in [-0.2, -0.15) is 5.10 Å². The standard InChI is InChI=1S/C17H14N10O5/c28-14(9-2-1-4-18-9)24-27(25-15(29)10-3-5-21-23-10)17(31)12-11(8-32-26-12)22-16(30)13-19-6-7-20-13/h1-8,18H,(H,19,20)(H,21,23)(H,22,30)(H,24,28)(H,25,29). The number of carbonyl (C=O) groups is 4. The van der Waals surface area contributed by atoms with Crippen molar-refractivity contribution in [1.82, 2.24) is 46.3 Å². The van der Waals surface area contributed by atoms with Crippen LogP contribution in [0.25, 0.3) is 0 Å². The molecule has 0 aromatic carbocycles. The molecule has 0 radical (unpaired) electrons. The summed E-state index contributed by atoms with van der Waals surface area (Å²) < 4.78 is 4.80. The van der Waals surface area contributed by atoms with Gasteiger partial charge in [0, 0.05) is 24.8 Å². The molecule has 4 aromatic rings. The molecule has 0 saturated carbocycles. The van der Waals surface area contributed by atoms with E-state index in [1.807, 2.05) is 0 Å². The summed E-state index contributed by atoms with van der Waals surface area (Å²) in [5.74, 6) is -3.23. The molecule has 0 unspecified atom stereocenters. The lowest BCUT2D eigenvalue weighted by atomic mass is 10.3. The second-order valence-electron chi connectivity index (χ2n) is 6.05. The van der Waals surface area contributed by atoms with Gasteiger partial charge >= 0.3 is 5.91 Å². The lowest BCUT2D eigenvalue weighted by molar-refractivity contribution is 0.0408. The molecule has 162 valence electrons. The van der Waals surface area contributed by atoms with E-state index in [0.717, 1.165) is 6.26 Å². The molecule has 0 aliphatic heterocycles. The van der Waals surface area contributed by atoms with Gasteiger partial charge in [-0.15, -0.1) is 5.12 Å². The van der Waals surface area contributed by atoms with Crippen LogP contribution in [0, 0.1) is 0 Å². The number of rotatable bonds is 5. The molecule has 4 amide bonds. The molecule has 0 fully saturated rings. The van der Waals surface area contributed by atoms with Crippen molar-refractivity contribution >= 4 is 29.3 Å². The number of carbonyl (C=O) groups excluding carboxylic acids is 4. The van der Waals surface area contributed by atoms with Crippen molar-refractivity contribution in [1.29, 1.82) is 0 Å². The first kappa shape index (κ1) is 20.1. The second-order valence-corrected chi connectivity index (χ2v) is 6.05. The maximum absolute atomic E-state index is 13.1. The Morgan fingerprint density at radius 1 is 0.938 bits per heavy atom. The Bertz CT molecular complexity index is 1180. The van der Waals surface area contributed by atoms with Crippen LogP contribution < -0.4 is 16.2 Å². The van der Waals surface area contributed by atoms with Gasteiger partial charge in [0.1, 0.15) is 23.3 Å². The third-order valence-corrected chi connectivity index (χ3v) is 3.95. The summed E-state index contributed by atoms with van der Waals surface area (Å²) in [6.45, 7) is 0. The largest absolute Gasteiger partial charge is 0.362 e. The van der Waals surface area contributed by atoms with E-state index in [9.17, 15) is 19.2 Å². The summed E-state index contributed by atoms with van der Waals surface area (Å²) in [6, 6.07) is 4.39. The minimum atomic E-state index is -1.01. The summed E-state index contributed by atoms with van der Waals surface area (Å²) in [5, 5.41) is 12.6. The number of hydrogen-bond donors (Lipinski definition) is 6. The summed E-state index contributed by atoms with van der Waals surface area (Å²) in [5.41, 5.74) is 4.08. The fraction of sp³-hybridized carbons (Fsp3) is 0. The molecular formula is C17H14N10O5. The second kappa shape index (κ2) is 8.66.